The molecule has 0 radical (unpaired) electrons. The first-order valence-electron chi connectivity index (χ1n) is 5.33. The number of methoxy groups -OCH3 is 1. The van der Waals surface area contributed by atoms with Gasteiger partial charge in [0.15, 0.2) is 21.3 Å². The minimum atomic E-state index is -3.39. The van der Waals surface area contributed by atoms with Crippen molar-refractivity contribution in [3.05, 3.63) is 22.7 Å². The summed E-state index contributed by atoms with van der Waals surface area (Å²) in [5.41, 5.74) is -0.977. The van der Waals surface area contributed by atoms with Crippen LogP contribution in [0.5, 0.6) is 11.5 Å². The van der Waals surface area contributed by atoms with E-state index >= 15 is 0 Å². The van der Waals surface area contributed by atoms with Crippen LogP contribution in [-0.4, -0.2) is 39.9 Å². The van der Waals surface area contributed by atoms with Crippen molar-refractivity contribution in [1.82, 2.24) is 0 Å². The van der Waals surface area contributed by atoms with Gasteiger partial charge in [0.25, 0.3) is 0 Å². The van der Waals surface area contributed by atoms with E-state index in [4.69, 9.17) is 14.2 Å². The molecule has 0 fully saturated rings. The summed E-state index contributed by atoms with van der Waals surface area (Å²) in [5, 5.41) is 0. The van der Waals surface area contributed by atoms with Gasteiger partial charge < -0.3 is 14.2 Å². The quantitative estimate of drug-likeness (QED) is 0.835. The molecule has 1 aliphatic rings. The van der Waals surface area contributed by atoms with Crippen molar-refractivity contribution in [2.75, 3.05) is 26.1 Å². The third-order valence-corrected chi connectivity index (χ3v) is 4.92. The van der Waals surface area contributed by atoms with Gasteiger partial charge in [0.05, 0.1) is 16.8 Å². The second-order valence-electron chi connectivity index (χ2n) is 3.79. The lowest BCUT2D eigenvalue weighted by Gasteiger charge is -2.26. The number of rotatable bonds is 4. The van der Waals surface area contributed by atoms with Gasteiger partial charge in [-0.3, -0.25) is 0 Å². The third-order valence-electron chi connectivity index (χ3n) is 2.53. The lowest BCUT2D eigenvalue weighted by molar-refractivity contribution is 0.139. The average Bonchev–Trinajstić information content (AvgIpc) is 2.36. The lowest BCUT2D eigenvalue weighted by atomic mass is 10.3. The van der Waals surface area contributed by atoms with E-state index in [1.807, 2.05) is 6.07 Å². The zero-order chi connectivity index (χ0) is 13.2. The topological polar surface area (TPSA) is 61.8 Å². The number of hydrogen-bond acceptors (Lipinski definition) is 5. The van der Waals surface area contributed by atoms with Gasteiger partial charge in [0, 0.05) is 7.11 Å². The number of para-hydroxylation sites is 1. The van der Waals surface area contributed by atoms with E-state index < -0.39 is 15.3 Å². The monoisotopic (exact) mass is 336 g/mol. The molecule has 7 heteroatoms. The van der Waals surface area contributed by atoms with E-state index in [0.717, 1.165) is 4.47 Å². The Hall–Kier alpha value is -0.790. The Balaban J connectivity index is 2.17. The van der Waals surface area contributed by atoms with E-state index in [1.165, 1.54) is 7.11 Å². The molecule has 0 N–H and O–H groups in total. The van der Waals surface area contributed by atoms with Crippen LogP contribution >= 0.6 is 15.9 Å². The fourth-order valence-corrected chi connectivity index (χ4v) is 3.21. The summed E-state index contributed by atoms with van der Waals surface area (Å²) >= 11 is 3.32. The maximum Gasteiger partial charge on any atom is 0.232 e. The molecule has 1 atom stereocenters. The predicted octanol–water partition coefficient (Wildman–Crippen LogP) is 1.61. The number of ether oxygens (including phenoxy) is 3. The molecule has 1 heterocycles. The smallest absolute Gasteiger partial charge is 0.232 e. The molecule has 0 spiro atoms. The fourth-order valence-electron chi connectivity index (χ4n) is 1.56. The number of hydrogen-bond donors (Lipinski definition) is 0. The SMILES string of the molecule is COCCS(=O)(=O)C1COc2c(Br)cccc2O1. The summed E-state index contributed by atoms with van der Waals surface area (Å²) in [6.45, 7) is 0.134. The van der Waals surface area contributed by atoms with Crippen LogP contribution < -0.4 is 9.47 Å². The molecule has 0 bridgehead atoms. The number of fused-ring (bicyclic) bond motifs is 1. The Morgan fingerprint density at radius 3 is 3.00 bits per heavy atom. The fraction of sp³-hybridized carbons (Fsp3) is 0.455. The first-order valence-corrected chi connectivity index (χ1v) is 7.84. The Morgan fingerprint density at radius 1 is 1.50 bits per heavy atom. The van der Waals surface area contributed by atoms with Gasteiger partial charge in [0.1, 0.15) is 6.61 Å². The molecule has 2 rings (SSSR count). The summed E-state index contributed by atoms with van der Waals surface area (Å²) in [5.74, 6) is 0.887. The second kappa shape index (κ2) is 5.46. The van der Waals surface area contributed by atoms with Gasteiger partial charge in [-0.1, -0.05) is 6.07 Å². The van der Waals surface area contributed by atoms with E-state index in [2.05, 4.69) is 15.9 Å². The first-order chi connectivity index (χ1) is 8.54. The van der Waals surface area contributed by atoms with Crippen molar-refractivity contribution in [2.24, 2.45) is 0 Å². The molecule has 0 saturated heterocycles. The summed E-state index contributed by atoms with van der Waals surface area (Å²) in [7, 11) is -1.93. The van der Waals surface area contributed by atoms with E-state index in [1.54, 1.807) is 12.1 Å². The molecule has 0 aliphatic carbocycles. The molecule has 1 unspecified atom stereocenters. The van der Waals surface area contributed by atoms with Crippen LogP contribution in [0.3, 0.4) is 0 Å². The third kappa shape index (κ3) is 2.78. The minimum Gasteiger partial charge on any atom is -0.483 e. The molecule has 0 amide bonds. The summed E-state index contributed by atoms with van der Waals surface area (Å²) in [6, 6.07) is 5.25. The van der Waals surface area contributed by atoms with Crippen LogP contribution in [0.15, 0.2) is 22.7 Å². The van der Waals surface area contributed by atoms with Gasteiger partial charge in [-0.15, -0.1) is 0 Å². The van der Waals surface area contributed by atoms with Crippen LogP contribution in [0.25, 0.3) is 0 Å². The highest BCUT2D eigenvalue weighted by atomic mass is 79.9. The van der Waals surface area contributed by atoms with Crippen LogP contribution in [0.2, 0.25) is 0 Å². The average molecular weight is 337 g/mol. The first kappa shape index (κ1) is 13.6. The van der Waals surface area contributed by atoms with Crippen molar-refractivity contribution in [3.63, 3.8) is 0 Å². The van der Waals surface area contributed by atoms with Crippen molar-refractivity contribution in [3.8, 4) is 11.5 Å². The molecular weight excluding hydrogens is 324 g/mol. The molecule has 1 aromatic carbocycles. The Bertz CT molecular complexity index is 528. The van der Waals surface area contributed by atoms with Crippen molar-refractivity contribution in [2.45, 2.75) is 5.44 Å². The van der Waals surface area contributed by atoms with Crippen LogP contribution in [0.4, 0.5) is 0 Å². The molecule has 5 nitrogen and oxygen atoms in total. The highest BCUT2D eigenvalue weighted by Crippen LogP contribution is 2.38. The maximum atomic E-state index is 11.9. The largest absolute Gasteiger partial charge is 0.483 e. The van der Waals surface area contributed by atoms with Gasteiger partial charge in [-0.05, 0) is 28.1 Å². The Kier molecular flexibility index (Phi) is 4.14. The normalized spacial score (nSPS) is 18.7. The van der Waals surface area contributed by atoms with Crippen LogP contribution in [0.1, 0.15) is 0 Å². The molecule has 1 aromatic rings. The number of benzene rings is 1. The molecule has 0 saturated carbocycles. The molecule has 18 heavy (non-hydrogen) atoms. The maximum absolute atomic E-state index is 11.9. The molecular formula is C11H13BrO5S. The highest BCUT2D eigenvalue weighted by Gasteiger charge is 2.33. The van der Waals surface area contributed by atoms with Crippen molar-refractivity contribution < 1.29 is 22.6 Å². The van der Waals surface area contributed by atoms with Gasteiger partial charge in [-0.25, -0.2) is 8.42 Å². The summed E-state index contributed by atoms with van der Waals surface area (Å²) in [4.78, 5) is 0. The minimum absolute atomic E-state index is 0.0122. The van der Waals surface area contributed by atoms with E-state index in [9.17, 15) is 8.42 Å². The zero-order valence-corrected chi connectivity index (χ0v) is 12.2. The Labute approximate surface area is 114 Å². The number of halogens is 1. The van der Waals surface area contributed by atoms with Gasteiger partial charge >= 0.3 is 0 Å². The van der Waals surface area contributed by atoms with Crippen LogP contribution in [0, 0.1) is 0 Å². The standard InChI is InChI=1S/C11H13BrO5S/c1-15-5-6-18(13,14)10-7-16-11-8(12)3-2-4-9(11)17-10/h2-4,10H,5-7H2,1H3. The zero-order valence-electron chi connectivity index (χ0n) is 9.76. The Morgan fingerprint density at radius 2 is 2.28 bits per heavy atom. The van der Waals surface area contributed by atoms with Crippen molar-refractivity contribution in [1.29, 1.82) is 0 Å². The molecule has 1 aliphatic heterocycles. The van der Waals surface area contributed by atoms with E-state index in [0.29, 0.717) is 11.5 Å². The molecule has 100 valence electrons. The summed E-state index contributed by atoms with van der Waals surface area (Å²) < 4.78 is 40.3. The van der Waals surface area contributed by atoms with Crippen LogP contribution in [-0.2, 0) is 14.6 Å². The van der Waals surface area contributed by atoms with Gasteiger partial charge in [0.2, 0.25) is 5.44 Å². The molecule has 0 aromatic heterocycles. The van der Waals surface area contributed by atoms with Gasteiger partial charge in [-0.2, -0.15) is 0 Å². The lowest BCUT2D eigenvalue weighted by Crippen LogP contribution is -2.38. The second-order valence-corrected chi connectivity index (χ2v) is 6.90. The summed E-state index contributed by atoms with van der Waals surface area (Å²) in [6.07, 6.45) is 0. The number of sulfone groups is 1. The van der Waals surface area contributed by atoms with Crippen molar-refractivity contribution >= 4 is 25.8 Å². The highest BCUT2D eigenvalue weighted by molar-refractivity contribution is 9.10. The predicted molar refractivity (Wildman–Crippen MR) is 69.7 cm³/mol. The van der Waals surface area contributed by atoms with E-state index in [-0.39, 0.29) is 19.0 Å².